The van der Waals surface area contributed by atoms with Crippen LogP contribution in [0, 0.1) is 0 Å². The Balaban J connectivity index is 0.000000338. The second-order valence-electron chi connectivity index (χ2n) is 30.5. The molecule has 21 nitrogen and oxygen atoms in total. The van der Waals surface area contributed by atoms with Gasteiger partial charge in [0.25, 0.3) is 0 Å². The topological polar surface area (TPSA) is 240 Å². The van der Waals surface area contributed by atoms with Crippen LogP contribution in [0.25, 0.3) is 0 Å². The molecule has 15 atom stereocenters. The minimum atomic E-state index is -0.804. The molecule has 0 aromatic carbocycles. The lowest BCUT2D eigenvalue weighted by Gasteiger charge is -2.51. The first-order valence-corrected chi connectivity index (χ1v) is 41.0. The van der Waals surface area contributed by atoms with Crippen molar-refractivity contribution >= 4 is 17.6 Å². The lowest BCUT2D eigenvalue weighted by molar-refractivity contribution is -0.371. The summed E-state index contributed by atoms with van der Waals surface area (Å²) >= 11 is 0. The number of ketones is 1. The van der Waals surface area contributed by atoms with Gasteiger partial charge in [0.05, 0.1) is 51.4 Å². The summed E-state index contributed by atoms with van der Waals surface area (Å²) in [5, 5.41) is 6.01. The van der Waals surface area contributed by atoms with Crippen LogP contribution >= 0.6 is 0 Å². The van der Waals surface area contributed by atoms with Gasteiger partial charge in [-0.05, 0) is 81.1 Å². The Morgan fingerprint density at radius 2 is 0.777 bits per heavy atom. The number of carbonyl (C=O) groups excluding carboxylic acids is 3. The van der Waals surface area contributed by atoms with E-state index < -0.39 is 72.7 Å². The molecular formula is C82H149N3O18. The van der Waals surface area contributed by atoms with Crippen LogP contribution in [0.4, 0.5) is 0 Å². The number of hydrogen-bond acceptors (Lipinski definition) is 19. The van der Waals surface area contributed by atoms with E-state index in [2.05, 4.69) is 44.9 Å². The molecule has 0 spiro atoms. The fourth-order valence-electron chi connectivity index (χ4n) is 14.0. The maximum atomic E-state index is 13.2. The average molecular weight is 1470 g/mol. The number of allylic oxidation sites excluding steroid dienone is 2. The number of hydrogen-bond donors (Lipinski definition) is 3. The highest BCUT2D eigenvalue weighted by Crippen LogP contribution is 2.38. The number of carbonyl (C=O) groups is 3. The molecule has 0 aromatic heterocycles. The van der Waals surface area contributed by atoms with Gasteiger partial charge in [-0.15, -0.1) is 6.58 Å². The number of rotatable bonds is 51. The first-order chi connectivity index (χ1) is 49.7. The zero-order chi connectivity index (χ0) is 75.1. The van der Waals surface area contributed by atoms with E-state index in [1.165, 1.54) is 167 Å². The largest absolute Gasteiger partial charge is 0.471 e. The van der Waals surface area contributed by atoms with E-state index in [1.54, 1.807) is 24.7 Å². The quantitative estimate of drug-likeness (QED) is 0.0222. The predicted molar refractivity (Wildman–Crippen MR) is 405 cm³/mol. The third kappa shape index (κ3) is 37.2. The number of nitrogens with two attached hydrogens (primary N) is 1. The van der Waals surface area contributed by atoms with Crippen LogP contribution in [-0.2, 0) is 85.4 Å². The molecule has 600 valence electrons. The zero-order valence-electron chi connectivity index (χ0n) is 66.9. The highest BCUT2D eigenvalue weighted by molar-refractivity contribution is 5.98. The van der Waals surface area contributed by atoms with E-state index in [9.17, 15) is 14.4 Å². The lowest BCUT2D eigenvalue weighted by atomic mass is 9.94. The van der Waals surface area contributed by atoms with Crippen molar-refractivity contribution in [3.05, 3.63) is 37.3 Å². The van der Waals surface area contributed by atoms with Gasteiger partial charge in [-0.3, -0.25) is 14.4 Å². The van der Waals surface area contributed by atoms with Crippen LogP contribution in [0.5, 0.6) is 0 Å². The van der Waals surface area contributed by atoms with E-state index in [4.69, 9.17) is 76.8 Å². The van der Waals surface area contributed by atoms with Crippen LogP contribution in [-0.4, -0.2) is 173 Å². The zero-order valence-corrected chi connectivity index (χ0v) is 66.9. The molecule has 0 bridgehead atoms. The summed E-state index contributed by atoms with van der Waals surface area (Å²) in [4.78, 5) is 37.8. The molecule has 4 N–H and O–H groups in total. The summed E-state index contributed by atoms with van der Waals surface area (Å²) in [5.74, 6) is -2.74. The highest BCUT2D eigenvalue weighted by Gasteiger charge is 2.55. The molecule has 6 aliphatic heterocycles. The van der Waals surface area contributed by atoms with Gasteiger partial charge in [-0.1, -0.05) is 232 Å². The van der Waals surface area contributed by atoms with Crippen molar-refractivity contribution in [2.24, 2.45) is 5.73 Å². The van der Waals surface area contributed by atoms with E-state index in [0.717, 1.165) is 51.4 Å². The van der Waals surface area contributed by atoms with E-state index in [-0.39, 0.29) is 60.6 Å². The minimum absolute atomic E-state index is 0.0363. The van der Waals surface area contributed by atoms with E-state index >= 15 is 0 Å². The molecule has 0 radical (unpaired) electrons. The second kappa shape index (κ2) is 53.6. The number of fused-ring (bicyclic) bond motifs is 3. The normalized spacial score (nSPS) is 28.3. The Kier molecular flexibility index (Phi) is 48.0. The maximum Gasteiger partial charge on any atom is 0.227 e. The molecule has 6 heterocycles. The summed E-state index contributed by atoms with van der Waals surface area (Å²) in [6, 6.07) is -1.52. The van der Waals surface area contributed by atoms with Crippen molar-refractivity contribution in [2.45, 2.75) is 424 Å². The van der Waals surface area contributed by atoms with Crippen LogP contribution in [0.2, 0.25) is 0 Å². The van der Waals surface area contributed by atoms with Crippen molar-refractivity contribution in [3.8, 4) is 0 Å². The van der Waals surface area contributed by atoms with E-state index in [0.29, 0.717) is 52.7 Å². The highest BCUT2D eigenvalue weighted by atomic mass is 16.8. The van der Waals surface area contributed by atoms with Gasteiger partial charge in [0.1, 0.15) is 72.8 Å². The summed E-state index contributed by atoms with van der Waals surface area (Å²) in [6.07, 6.45) is 43.9. The monoisotopic (exact) mass is 1460 g/mol. The lowest BCUT2D eigenvalue weighted by Crippen LogP contribution is -2.69. The van der Waals surface area contributed by atoms with Gasteiger partial charge < -0.3 is 87.4 Å². The van der Waals surface area contributed by atoms with Crippen LogP contribution in [0.3, 0.4) is 0 Å². The molecular weight excluding hydrogens is 1310 g/mol. The van der Waals surface area contributed by atoms with Crippen LogP contribution < -0.4 is 16.4 Å². The minimum Gasteiger partial charge on any atom is -0.471 e. The number of ether oxygens (including phenoxy) is 15. The van der Waals surface area contributed by atoms with Gasteiger partial charge in [0.2, 0.25) is 24.4 Å². The van der Waals surface area contributed by atoms with Crippen molar-refractivity contribution in [1.29, 1.82) is 0 Å². The molecule has 103 heavy (non-hydrogen) atoms. The SMILES string of the molecule is C/C=C\O[C@H]1O[C@@H]2COC(C)(C)O[C@H]2[C@H](OCCCCCCCCCC)[C@H]1N.C/C=C\O[C@H]1O[C@@H]2COC(C)(C)O[C@H]2[C@H](OCCCCCCCCCC)[C@H]1NC(=O)CC(=O)CCCCCCCCCCC.C=CCO[C@H]1O[C@@H]2COC(C)(C)O[C@H]2[C@H](OCCCCCCCCCC)[C@H]1NC(C)=O. The summed E-state index contributed by atoms with van der Waals surface area (Å²) in [5.41, 5.74) is 6.44. The third-order valence-electron chi connectivity index (χ3n) is 19.6. The number of Topliss-reactive ketones (excluding diaryl/α,β-unsaturated/α-hetero) is 1. The second-order valence-corrected chi connectivity index (χ2v) is 30.5. The van der Waals surface area contributed by atoms with Crippen molar-refractivity contribution in [3.63, 3.8) is 0 Å². The molecule has 2 amide bonds. The molecule has 6 rings (SSSR count). The fourth-order valence-corrected chi connectivity index (χ4v) is 14.0. The molecule has 6 aliphatic rings. The first kappa shape index (κ1) is 92.3. The number of unbranched alkanes of at least 4 members (excludes halogenated alkanes) is 29. The Morgan fingerprint density at radius 1 is 0.447 bits per heavy atom. The molecule has 0 saturated carbocycles. The molecule has 21 heteroatoms. The van der Waals surface area contributed by atoms with Gasteiger partial charge in [0, 0.05) is 33.2 Å². The standard InChI is InChI=1S/C36H65NO7.C24H43NO6.C22H41NO5/c1-6-9-11-13-15-17-18-20-22-24-29(38)27-31(39)37-32-34(40-26-23-21-19-16-14-12-10-7-2)33-30(28-42-36(4,5)44-33)43-35(32)41-25-8-3;1-6-8-9-10-11-12-13-14-16-27-22-20(25-18(3)26)23(28-15-7-2)30-19-17-29-24(4,5)31-21(19)22;1-5-7-8-9-10-11-12-13-15-24-20-18(23)21(25-14-6-2)27-17-16-26-22(3,4)28-19(17)20/h8,25,30,32-35H,6-7,9-24,26-28H2,1-5H3,(H,37,39);7,19-23H,2,6,8-17H2,1,3-5H3,(H,25,26);6,14,17-21H,5,7-13,15-16,23H2,1-4H3/b25-8-;;14-6-/t30-,32-,33-,34-,35+;19-,20-,21-,22-,23+;17-,18-,19-,20-,21+/m111/s1. The molecule has 0 aliphatic carbocycles. The third-order valence-corrected chi connectivity index (χ3v) is 19.6. The van der Waals surface area contributed by atoms with Gasteiger partial charge in [-0.25, -0.2) is 0 Å². The summed E-state index contributed by atoms with van der Waals surface area (Å²) in [7, 11) is 0. The smallest absolute Gasteiger partial charge is 0.227 e. The summed E-state index contributed by atoms with van der Waals surface area (Å²) in [6.45, 7) is 32.5. The predicted octanol–water partition coefficient (Wildman–Crippen LogP) is 16.7. The van der Waals surface area contributed by atoms with Gasteiger partial charge >= 0.3 is 0 Å². The van der Waals surface area contributed by atoms with Crippen molar-refractivity contribution < 1.29 is 85.4 Å². The number of nitrogens with one attached hydrogen (secondary N) is 2. The van der Waals surface area contributed by atoms with Gasteiger partial charge in [-0.2, -0.15) is 0 Å². The van der Waals surface area contributed by atoms with Crippen molar-refractivity contribution in [1.82, 2.24) is 10.6 Å². The molecule has 6 fully saturated rings. The van der Waals surface area contributed by atoms with Gasteiger partial charge in [0.15, 0.2) is 23.7 Å². The van der Waals surface area contributed by atoms with Crippen LogP contribution in [0.1, 0.15) is 315 Å². The molecule has 0 aromatic rings. The van der Waals surface area contributed by atoms with Crippen molar-refractivity contribution in [2.75, 3.05) is 46.2 Å². The maximum absolute atomic E-state index is 13.2. The Labute approximate surface area is 624 Å². The van der Waals surface area contributed by atoms with Crippen LogP contribution in [0.15, 0.2) is 37.3 Å². The number of amides is 2. The van der Waals surface area contributed by atoms with E-state index in [1.807, 2.05) is 61.5 Å². The Hall–Kier alpha value is -3.13. The fraction of sp³-hybridized carbons (Fsp3) is 0.890. The average Bonchev–Trinajstić information content (AvgIpc) is 0.788. The molecule has 0 unspecified atom stereocenters. The molecule has 6 saturated heterocycles. The Morgan fingerprint density at radius 3 is 1.16 bits per heavy atom. The first-order valence-electron chi connectivity index (χ1n) is 41.0. The Bertz CT molecular complexity index is 2270. The summed E-state index contributed by atoms with van der Waals surface area (Å²) < 4.78 is 90.8.